The monoisotopic (exact) mass is 353 g/mol. The molecule has 2 N–H and O–H groups in total. The number of benzene rings is 2. The highest BCUT2D eigenvalue weighted by Crippen LogP contribution is 2.19. The highest BCUT2D eigenvalue weighted by Gasteiger charge is 2.14. The first kappa shape index (κ1) is 17.3. The van der Waals surface area contributed by atoms with Crippen molar-refractivity contribution in [3.05, 3.63) is 71.7 Å². The first-order valence-electron chi connectivity index (χ1n) is 7.89. The number of anilines is 1. The Bertz CT molecular complexity index is 938. The summed E-state index contributed by atoms with van der Waals surface area (Å²) < 4.78 is 18.6. The number of rotatable bonds is 5. The highest BCUT2D eigenvalue weighted by molar-refractivity contribution is 5.98. The van der Waals surface area contributed by atoms with Gasteiger partial charge in [0.15, 0.2) is 11.5 Å². The number of nitrogens with one attached hydrogen (secondary N) is 2. The largest absolute Gasteiger partial charge is 0.355 e. The van der Waals surface area contributed by atoms with Crippen LogP contribution in [0.15, 0.2) is 59.1 Å². The number of halogens is 1. The quantitative estimate of drug-likeness (QED) is 0.738. The second-order valence-corrected chi connectivity index (χ2v) is 5.64. The molecule has 0 aliphatic rings. The standard InChI is InChI=1S/C19H16FN3O3/c1-12-7-8-14(9-15(12)20)22-18(24)11-21-19(25)16-10-17(26-23-16)13-5-3-2-4-6-13/h2-10H,11H2,1H3,(H,21,25)(H,22,24). The van der Waals surface area contributed by atoms with Crippen LogP contribution in [0.1, 0.15) is 16.1 Å². The summed E-state index contributed by atoms with van der Waals surface area (Å²) in [6.45, 7) is 1.35. The summed E-state index contributed by atoms with van der Waals surface area (Å²) in [7, 11) is 0. The molecule has 0 unspecified atom stereocenters. The molecule has 6 nitrogen and oxygen atoms in total. The fraction of sp³-hybridized carbons (Fsp3) is 0.105. The molecule has 0 spiro atoms. The first-order valence-corrected chi connectivity index (χ1v) is 7.89. The van der Waals surface area contributed by atoms with Gasteiger partial charge in [0.25, 0.3) is 5.91 Å². The Balaban J connectivity index is 1.56. The maximum atomic E-state index is 13.5. The number of aryl methyl sites for hydroxylation is 1. The van der Waals surface area contributed by atoms with E-state index in [-0.39, 0.29) is 12.2 Å². The Hall–Kier alpha value is -3.48. The molecule has 1 heterocycles. The van der Waals surface area contributed by atoms with Crippen molar-refractivity contribution in [2.24, 2.45) is 0 Å². The second-order valence-electron chi connectivity index (χ2n) is 5.64. The van der Waals surface area contributed by atoms with Crippen LogP contribution in [0.25, 0.3) is 11.3 Å². The minimum atomic E-state index is -0.541. The Morgan fingerprint density at radius 1 is 1.12 bits per heavy atom. The van der Waals surface area contributed by atoms with Crippen molar-refractivity contribution in [3.8, 4) is 11.3 Å². The van der Waals surface area contributed by atoms with Gasteiger partial charge in [0.1, 0.15) is 5.82 Å². The summed E-state index contributed by atoms with van der Waals surface area (Å²) in [5.41, 5.74) is 1.66. The number of hydrogen-bond donors (Lipinski definition) is 2. The molecule has 0 saturated carbocycles. The summed E-state index contributed by atoms with van der Waals surface area (Å²) in [4.78, 5) is 24.0. The Kier molecular flexibility index (Phi) is 5.07. The van der Waals surface area contributed by atoms with Crippen LogP contribution in [-0.2, 0) is 4.79 Å². The Morgan fingerprint density at radius 3 is 2.62 bits per heavy atom. The summed E-state index contributed by atoms with van der Waals surface area (Å²) in [5, 5.41) is 8.66. The van der Waals surface area contributed by atoms with Gasteiger partial charge in [-0.3, -0.25) is 9.59 Å². The second kappa shape index (κ2) is 7.60. The van der Waals surface area contributed by atoms with Crippen LogP contribution in [0.4, 0.5) is 10.1 Å². The fourth-order valence-corrected chi connectivity index (χ4v) is 2.25. The van der Waals surface area contributed by atoms with E-state index in [4.69, 9.17) is 4.52 Å². The predicted molar refractivity (Wildman–Crippen MR) is 94.0 cm³/mol. The smallest absolute Gasteiger partial charge is 0.273 e. The van der Waals surface area contributed by atoms with Crippen LogP contribution in [0, 0.1) is 12.7 Å². The SMILES string of the molecule is Cc1ccc(NC(=O)CNC(=O)c2cc(-c3ccccc3)on2)cc1F. The minimum absolute atomic E-state index is 0.0676. The van der Waals surface area contributed by atoms with E-state index in [1.54, 1.807) is 19.1 Å². The molecule has 0 aliphatic heterocycles. The molecule has 0 saturated heterocycles. The first-order chi connectivity index (χ1) is 12.5. The molecule has 132 valence electrons. The van der Waals surface area contributed by atoms with E-state index in [0.717, 1.165) is 5.56 Å². The number of hydrogen-bond acceptors (Lipinski definition) is 4. The van der Waals surface area contributed by atoms with Gasteiger partial charge < -0.3 is 15.2 Å². The van der Waals surface area contributed by atoms with E-state index in [0.29, 0.717) is 17.0 Å². The Labute approximate surface area is 149 Å². The number of carbonyl (C=O) groups is 2. The summed E-state index contributed by atoms with van der Waals surface area (Å²) in [5.74, 6) is -0.979. The average molecular weight is 353 g/mol. The third-order valence-corrected chi connectivity index (χ3v) is 3.67. The van der Waals surface area contributed by atoms with E-state index in [2.05, 4.69) is 15.8 Å². The van der Waals surface area contributed by atoms with Crippen LogP contribution in [-0.4, -0.2) is 23.5 Å². The lowest BCUT2D eigenvalue weighted by Gasteiger charge is -2.07. The van der Waals surface area contributed by atoms with Gasteiger partial charge in [-0.05, 0) is 24.6 Å². The molecule has 3 rings (SSSR count). The molecule has 0 radical (unpaired) electrons. The zero-order valence-corrected chi connectivity index (χ0v) is 14.0. The molecule has 0 bridgehead atoms. The molecule has 7 heteroatoms. The molecule has 0 atom stereocenters. The number of carbonyl (C=O) groups excluding carboxylic acids is 2. The molecule has 2 aromatic carbocycles. The highest BCUT2D eigenvalue weighted by atomic mass is 19.1. The van der Waals surface area contributed by atoms with E-state index in [9.17, 15) is 14.0 Å². The topological polar surface area (TPSA) is 84.2 Å². The Morgan fingerprint density at radius 2 is 1.88 bits per heavy atom. The van der Waals surface area contributed by atoms with Crippen LogP contribution in [0.5, 0.6) is 0 Å². The van der Waals surface area contributed by atoms with Crippen molar-refractivity contribution < 1.29 is 18.5 Å². The molecule has 1 aromatic heterocycles. The van der Waals surface area contributed by atoms with Crippen molar-refractivity contribution in [3.63, 3.8) is 0 Å². The molecular weight excluding hydrogens is 337 g/mol. The lowest BCUT2D eigenvalue weighted by atomic mass is 10.1. The van der Waals surface area contributed by atoms with Gasteiger partial charge in [0, 0.05) is 17.3 Å². The maximum Gasteiger partial charge on any atom is 0.273 e. The van der Waals surface area contributed by atoms with Crippen LogP contribution in [0.2, 0.25) is 0 Å². The molecule has 0 aliphatic carbocycles. The van der Waals surface area contributed by atoms with E-state index >= 15 is 0 Å². The summed E-state index contributed by atoms with van der Waals surface area (Å²) in [6.07, 6.45) is 0. The summed E-state index contributed by atoms with van der Waals surface area (Å²) in [6, 6.07) is 15.1. The zero-order valence-electron chi connectivity index (χ0n) is 14.0. The van der Waals surface area contributed by atoms with Gasteiger partial charge >= 0.3 is 0 Å². The average Bonchev–Trinajstić information content (AvgIpc) is 3.14. The van der Waals surface area contributed by atoms with Crippen molar-refractivity contribution in [2.75, 3.05) is 11.9 Å². The minimum Gasteiger partial charge on any atom is -0.355 e. The molecule has 26 heavy (non-hydrogen) atoms. The fourth-order valence-electron chi connectivity index (χ4n) is 2.25. The normalized spacial score (nSPS) is 10.4. The molecule has 3 aromatic rings. The van der Waals surface area contributed by atoms with E-state index in [1.165, 1.54) is 12.1 Å². The molecular formula is C19H16FN3O3. The third kappa shape index (κ3) is 4.13. The van der Waals surface area contributed by atoms with Gasteiger partial charge in [-0.15, -0.1) is 0 Å². The number of nitrogens with zero attached hydrogens (tertiary/aromatic N) is 1. The van der Waals surface area contributed by atoms with Gasteiger partial charge in [0.2, 0.25) is 5.91 Å². The number of amides is 2. The lowest BCUT2D eigenvalue weighted by molar-refractivity contribution is -0.115. The predicted octanol–water partition coefficient (Wildman–Crippen LogP) is 3.16. The maximum absolute atomic E-state index is 13.5. The van der Waals surface area contributed by atoms with Crippen molar-refractivity contribution in [1.82, 2.24) is 10.5 Å². The third-order valence-electron chi connectivity index (χ3n) is 3.67. The van der Waals surface area contributed by atoms with Gasteiger partial charge in [-0.1, -0.05) is 41.6 Å². The van der Waals surface area contributed by atoms with E-state index in [1.807, 2.05) is 30.3 Å². The summed E-state index contributed by atoms with van der Waals surface area (Å²) >= 11 is 0. The van der Waals surface area contributed by atoms with Gasteiger partial charge in [-0.2, -0.15) is 0 Å². The zero-order chi connectivity index (χ0) is 18.5. The van der Waals surface area contributed by atoms with E-state index < -0.39 is 17.6 Å². The van der Waals surface area contributed by atoms with Crippen molar-refractivity contribution in [2.45, 2.75) is 6.92 Å². The van der Waals surface area contributed by atoms with Crippen LogP contribution in [0.3, 0.4) is 0 Å². The van der Waals surface area contributed by atoms with Gasteiger partial charge in [-0.25, -0.2) is 4.39 Å². The van der Waals surface area contributed by atoms with Crippen LogP contribution < -0.4 is 10.6 Å². The van der Waals surface area contributed by atoms with Gasteiger partial charge in [0.05, 0.1) is 6.54 Å². The van der Waals surface area contributed by atoms with Crippen molar-refractivity contribution >= 4 is 17.5 Å². The molecule has 2 amide bonds. The van der Waals surface area contributed by atoms with Crippen molar-refractivity contribution in [1.29, 1.82) is 0 Å². The van der Waals surface area contributed by atoms with Crippen LogP contribution >= 0.6 is 0 Å². The lowest BCUT2D eigenvalue weighted by Crippen LogP contribution is -2.33. The molecule has 0 fully saturated rings. The number of aromatic nitrogens is 1.